The lowest BCUT2D eigenvalue weighted by Gasteiger charge is -2.19. The van der Waals surface area contributed by atoms with Crippen molar-refractivity contribution in [3.63, 3.8) is 0 Å². The Balaban J connectivity index is 1.37. The number of carbonyl (C=O) groups is 2. The summed E-state index contributed by atoms with van der Waals surface area (Å²) in [5.41, 5.74) is 8.89. The average Bonchev–Trinajstić information content (AvgIpc) is 2.89. The number of para-hydroxylation sites is 1. The van der Waals surface area contributed by atoms with Gasteiger partial charge >= 0.3 is 6.09 Å². The predicted octanol–water partition coefficient (Wildman–Crippen LogP) is 7.13. The summed E-state index contributed by atoms with van der Waals surface area (Å²) in [4.78, 5) is 28.2. The summed E-state index contributed by atoms with van der Waals surface area (Å²) in [6.45, 7) is 7.15. The van der Waals surface area contributed by atoms with E-state index >= 15 is 0 Å². The highest BCUT2D eigenvalue weighted by molar-refractivity contribution is 6.08. The Morgan fingerprint density at radius 3 is 2.13 bits per heavy atom. The van der Waals surface area contributed by atoms with Crippen molar-refractivity contribution >= 4 is 40.0 Å². The van der Waals surface area contributed by atoms with Crippen LogP contribution in [0.5, 0.6) is 0 Å². The molecule has 2 amide bonds. The molecule has 0 atom stereocenters. The zero-order valence-corrected chi connectivity index (χ0v) is 23.5. The Kier molecular flexibility index (Phi) is 11.4. The highest BCUT2D eigenvalue weighted by Crippen LogP contribution is 2.31. The van der Waals surface area contributed by atoms with Crippen LogP contribution in [0.4, 0.5) is 21.9 Å². The molecule has 8 nitrogen and oxygen atoms in total. The second-order valence-corrected chi connectivity index (χ2v) is 10.8. The number of nitrogens with one attached hydrogen (secondary N) is 3. The monoisotopic (exact) mass is 533 g/mol. The van der Waals surface area contributed by atoms with Crippen molar-refractivity contribution in [1.82, 2.24) is 10.3 Å². The SMILES string of the molecule is CC(C)(C)OC(=O)NCCCCCCCCCCNc1ccc2ncc(C(N)=O)c(Nc3ccccc3)c2c1. The van der Waals surface area contributed by atoms with Gasteiger partial charge in [0.15, 0.2) is 0 Å². The minimum absolute atomic E-state index is 0.337. The van der Waals surface area contributed by atoms with Gasteiger partial charge in [0.2, 0.25) is 0 Å². The number of unbranched alkanes of at least 4 members (excludes halogenated alkanes) is 7. The normalized spacial score (nSPS) is 11.3. The zero-order chi connectivity index (χ0) is 28.1. The summed E-state index contributed by atoms with van der Waals surface area (Å²) in [6, 6.07) is 15.7. The van der Waals surface area contributed by atoms with Crippen LogP contribution in [0.2, 0.25) is 0 Å². The number of pyridine rings is 1. The summed E-state index contributed by atoms with van der Waals surface area (Å²) in [5, 5.41) is 10.5. The van der Waals surface area contributed by atoms with Gasteiger partial charge in [0.05, 0.1) is 16.8 Å². The van der Waals surface area contributed by atoms with Gasteiger partial charge in [-0.15, -0.1) is 0 Å². The highest BCUT2D eigenvalue weighted by Gasteiger charge is 2.16. The van der Waals surface area contributed by atoms with Crippen molar-refractivity contribution in [2.45, 2.75) is 77.7 Å². The van der Waals surface area contributed by atoms with Gasteiger partial charge in [-0.1, -0.05) is 56.7 Å². The van der Waals surface area contributed by atoms with Crippen molar-refractivity contribution in [2.75, 3.05) is 23.7 Å². The first-order valence-corrected chi connectivity index (χ1v) is 14.0. The third-order valence-electron chi connectivity index (χ3n) is 6.28. The molecule has 1 heterocycles. The molecule has 0 unspecified atom stereocenters. The molecule has 0 radical (unpaired) electrons. The number of carbonyl (C=O) groups excluding carboxylic acids is 2. The molecule has 0 aliphatic rings. The van der Waals surface area contributed by atoms with Gasteiger partial charge in [0.25, 0.3) is 5.91 Å². The van der Waals surface area contributed by atoms with Crippen molar-refractivity contribution in [2.24, 2.45) is 5.73 Å². The molecule has 3 rings (SSSR count). The van der Waals surface area contributed by atoms with Gasteiger partial charge in [-0.3, -0.25) is 9.78 Å². The molecule has 8 heteroatoms. The number of hydrogen-bond acceptors (Lipinski definition) is 6. The predicted molar refractivity (Wildman–Crippen MR) is 160 cm³/mol. The number of aromatic nitrogens is 1. The van der Waals surface area contributed by atoms with E-state index in [-0.39, 0.29) is 6.09 Å². The third kappa shape index (κ3) is 10.5. The van der Waals surface area contributed by atoms with Crippen LogP contribution in [0.1, 0.15) is 82.5 Å². The molecule has 0 saturated heterocycles. The maximum atomic E-state index is 12.1. The Hall–Kier alpha value is -3.81. The van der Waals surface area contributed by atoms with E-state index < -0.39 is 11.5 Å². The van der Waals surface area contributed by atoms with Crippen LogP contribution in [-0.2, 0) is 4.74 Å². The molecule has 3 aromatic rings. The fraction of sp³-hybridized carbons (Fsp3) is 0.452. The average molecular weight is 534 g/mol. The summed E-state index contributed by atoms with van der Waals surface area (Å²) in [5.74, 6) is -0.515. The van der Waals surface area contributed by atoms with Crippen molar-refractivity contribution in [3.05, 3.63) is 60.3 Å². The number of benzene rings is 2. The van der Waals surface area contributed by atoms with E-state index in [1.54, 1.807) is 0 Å². The fourth-order valence-electron chi connectivity index (χ4n) is 4.34. The van der Waals surface area contributed by atoms with Crippen LogP contribution in [0.15, 0.2) is 54.7 Å². The van der Waals surface area contributed by atoms with Gasteiger partial charge in [-0.2, -0.15) is 0 Å². The van der Waals surface area contributed by atoms with E-state index in [9.17, 15) is 9.59 Å². The summed E-state index contributed by atoms with van der Waals surface area (Å²) in [7, 11) is 0. The van der Waals surface area contributed by atoms with E-state index in [4.69, 9.17) is 10.5 Å². The van der Waals surface area contributed by atoms with E-state index in [1.165, 1.54) is 38.3 Å². The smallest absolute Gasteiger partial charge is 0.407 e. The number of fused-ring (bicyclic) bond motifs is 1. The number of ether oxygens (including phenoxy) is 1. The molecule has 1 aromatic heterocycles. The number of alkyl carbamates (subject to hydrolysis) is 1. The van der Waals surface area contributed by atoms with Gasteiger partial charge in [-0.05, 0) is 63.9 Å². The molecular weight excluding hydrogens is 490 g/mol. The molecular formula is C31H43N5O3. The molecule has 2 aromatic carbocycles. The number of hydrogen-bond donors (Lipinski definition) is 4. The summed E-state index contributed by atoms with van der Waals surface area (Å²) >= 11 is 0. The van der Waals surface area contributed by atoms with Gasteiger partial charge < -0.3 is 26.4 Å². The second kappa shape index (κ2) is 15.0. The van der Waals surface area contributed by atoms with E-state index in [0.717, 1.165) is 48.1 Å². The first kappa shape index (κ1) is 29.7. The topological polar surface area (TPSA) is 118 Å². The van der Waals surface area contributed by atoms with E-state index in [1.807, 2.05) is 69.3 Å². The van der Waals surface area contributed by atoms with Gasteiger partial charge in [-0.25, -0.2) is 4.79 Å². The lowest BCUT2D eigenvalue weighted by atomic mass is 10.1. The Bertz CT molecular complexity index is 1210. The number of primary amides is 1. The lowest BCUT2D eigenvalue weighted by Crippen LogP contribution is -2.32. The lowest BCUT2D eigenvalue weighted by molar-refractivity contribution is 0.0526. The molecule has 210 valence electrons. The maximum Gasteiger partial charge on any atom is 0.407 e. The minimum atomic E-state index is -0.515. The quantitative estimate of drug-likeness (QED) is 0.154. The molecule has 0 spiro atoms. The standard InChI is InChI=1S/C31H43N5O3/c1-31(2,3)39-30(38)34-20-14-9-7-5-4-6-8-13-19-33-24-17-18-27-25(21-24)28(26(22-35-27)29(32)37)36-23-15-11-10-12-16-23/h10-12,15-18,21-22,33H,4-9,13-14,19-20H2,1-3H3,(H2,32,37)(H,34,38)(H,35,36). The zero-order valence-electron chi connectivity index (χ0n) is 23.5. The number of nitrogens with two attached hydrogens (primary N) is 1. The Morgan fingerprint density at radius 1 is 0.846 bits per heavy atom. The number of amides is 2. The maximum absolute atomic E-state index is 12.1. The van der Waals surface area contributed by atoms with E-state index in [2.05, 4.69) is 20.9 Å². The Morgan fingerprint density at radius 2 is 1.49 bits per heavy atom. The van der Waals surface area contributed by atoms with Crippen LogP contribution in [0, 0.1) is 0 Å². The molecule has 39 heavy (non-hydrogen) atoms. The van der Waals surface area contributed by atoms with Crippen molar-refractivity contribution in [3.8, 4) is 0 Å². The molecule has 0 fully saturated rings. The van der Waals surface area contributed by atoms with Crippen molar-refractivity contribution < 1.29 is 14.3 Å². The Labute approximate surface area is 232 Å². The minimum Gasteiger partial charge on any atom is -0.444 e. The van der Waals surface area contributed by atoms with Gasteiger partial charge in [0, 0.05) is 36.0 Å². The molecule has 0 bridgehead atoms. The number of anilines is 3. The first-order chi connectivity index (χ1) is 18.7. The van der Waals surface area contributed by atoms with Crippen molar-refractivity contribution in [1.29, 1.82) is 0 Å². The molecule has 0 aliphatic heterocycles. The van der Waals surface area contributed by atoms with Crippen LogP contribution in [-0.4, -0.2) is 35.7 Å². The third-order valence-corrected chi connectivity index (χ3v) is 6.28. The van der Waals surface area contributed by atoms with Crippen LogP contribution in [0.25, 0.3) is 10.9 Å². The van der Waals surface area contributed by atoms with Crippen LogP contribution < -0.4 is 21.7 Å². The number of nitrogens with zero attached hydrogens (tertiary/aromatic N) is 1. The van der Waals surface area contributed by atoms with Gasteiger partial charge in [0.1, 0.15) is 5.60 Å². The summed E-state index contributed by atoms with van der Waals surface area (Å²) in [6.07, 6.45) is 10.4. The van der Waals surface area contributed by atoms with E-state index in [0.29, 0.717) is 17.8 Å². The summed E-state index contributed by atoms with van der Waals surface area (Å²) < 4.78 is 5.24. The molecule has 5 N–H and O–H groups in total. The highest BCUT2D eigenvalue weighted by atomic mass is 16.6. The molecule has 0 saturated carbocycles. The largest absolute Gasteiger partial charge is 0.444 e. The molecule has 0 aliphatic carbocycles. The number of rotatable bonds is 15. The van der Waals surface area contributed by atoms with Crippen LogP contribution >= 0.6 is 0 Å². The van der Waals surface area contributed by atoms with Crippen LogP contribution in [0.3, 0.4) is 0 Å². The first-order valence-electron chi connectivity index (χ1n) is 14.0. The second-order valence-electron chi connectivity index (χ2n) is 10.8. The fourth-order valence-corrected chi connectivity index (χ4v) is 4.34.